The van der Waals surface area contributed by atoms with Gasteiger partial charge in [0.05, 0.1) is 6.54 Å². The molecule has 17 heavy (non-hydrogen) atoms. The molecule has 0 bridgehead atoms. The first-order valence-corrected chi connectivity index (χ1v) is 6.39. The van der Waals surface area contributed by atoms with Crippen molar-refractivity contribution in [3.63, 3.8) is 0 Å². The van der Waals surface area contributed by atoms with E-state index >= 15 is 0 Å². The SMILES string of the molecule is C#CCN(CC1CC1)c1nc(Cl)c(C(=O)O)s1. The number of aromatic carboxylic acids is 1. The molecule has 2 rings (SSSR count). The molecule has 0 spiro atoms. The van der Waals surface area contributed by atoms with Gasteiger partial charge in [-0.3, -0.25) is 0 Å². The lowest BCUT2D eigenvalue weighted by Gasteiger charge is -2.18. The second-order valence-electron chi connectivity index (χ2n) is 3.95. The lowest BCUT2D eigenvalue weighted by molar-refractivity contribution is 0.0702. The van der Waals surface area contributed by atoms with Gasteiger partial charge in [-0.2, -0.15) is 0 Å². The van der Waals surface area contributed by atoms with Crippen LogP contribution in [0.4, 0.5) is 5.13 Å². The zero-order chi connectivity index (χ0) is 12.4. The first-order chi connectivity index (χ1) is 8.11. The van der Waals surface area contributed by atoms with Crippen LogP contribution in [-0.2, 0) is 0 Å². The summed E-state index contributed by atoms with van der Waals surface area (Å²) in [5.41, 5.74) is 0. The number of thiazole rings is 1. The lowest BCUT2D eigenvalue weighted by atomic mass is 10.4. The van der Waals surface area contributed by atoms with Crippen LogP contribution >= 0.6 is 22.9 Å². The van der Waals surface area contributed by atoms with E-state index in [4.69, 9.17) is 23.1 Å². The standard InChI is InChI=1S/C11H11ClN2O2S/c1-2-5-14(6-7-3-4-7)11-13-9(12)8(17-11)10(15)16/h1,7H,3-6H2,(H,15,16). The molecule has 1 aromatic rings. The van der Waals surface area contributed by atoms with Crippen molar-refractivity contribution in [1.29, 1.82) is 0 Å². The molecule has 0 aliphatic heterocycles. The Hall–Kier alpha value is -1.25. The van der Waals surface area contributed by atoms with Crippen molar-refractivity contribution in [1.82, 2.24) is 4.98 Å². The van der Waals surface area contributed by atoms with Crippen LogP contribution in [0.5, 0.6) is 0 Å². The normalized spacial score (nSPS) is 14.4. The smallest absolute Gasteiger partial charge is 0.349 e. The molecule has 1 heterocycles. The second-order valence-corrected chi connectivity index (χ2v) is 5.29. The molecule has 4 nitrogen and oxygen atoms in total. The Balaban J connectivity index is 2.19. The van der Waals surface area contributed by atoms with Crippen molar-refractivity contribution < 1.29 is 9.90 Å². The fraction of sp³-hybridized carbons (Fsp3) is 0.455. The molecule has 1 N–H and O–H groups in total. The van der Waals surface area contributed by atoms with Gasteiger partial charge >= 0.3 is 5.97 Å². The van der Waals surface area contributed by atoms with E-state index in [-0.39, 0.29) is 10.0 Å². The third kappa shape index (κ3) is 2.90. The fourth-order valence-electron chi connectivity index (χ4n) is 1.49. The first kappa shape index (κ1) is 12.2. The summed E-state index contributed by atoms with van der Waals surface area (Å²) in [6.45, 7) is 1.26. The average Bonchev–Trinajstić information content (AvgIpc) is 2.99. The van der Waals surface area contributed by atoms with Gasteiger partial charge in [0.25, 0.3) is 0 Å². The van der Waals surface area contributed by atoms with Crippen LogP contribution in [0.25, 0.3) is 0 Å². The molecule has 0 radical (unpaired) electrons. The molecule has 1 aliphatic rings. The van der Waals surface area contributed by atoms with Crippen LogP contribution < -0.4 is 4.90 Å². The molecule has 1 aliphatic carbocycles. The molecule has 1 saturated carbocycles. The number of anilines is 1. The summed E-state index contributed by atoms with van der Waals surface area (Å²) in [6.07, 6.45) is 7.70. The Kier molecular flexibility index (Phi) is 3.55. The number of rotatable bonds is 5. The molecule has 0 aromatic carbocycles. The first-order valence-electron chi connectivity index (χ1n) is 5.20. The van der Waals surface area contributed by atoms with Gasteiger partial charge in [-0.25, -0.2) is 9.78 Å². The summed E-state index contributed by atoms with van der Waals surface area (Å²) < 4.78 is 0. The number of hydrogen-bond acceptors (Lipinski definition) is 4. The van der Waals surface area contributed by atoms with E-state index in [1.54, 1.807) is 0 Å². The Labute approximate surface area is 108 Å². The van der Waals surface area contributed by atoms with Crippen LogP contribution in [0.2, 0.25) is 5.15 Å². The van der Waals surface area contributed by atoms with Crippen molar-refractivity contribution in [2.45, 2.75) is 12.8 Å². The molecule has 1 fully saturated rings. The molecule has 1 aromatic heterocycles. The van der Waals surface area contributed by atoms with Gasteiger partial charge in [0.1, 0.15) is 0 Å². The van der Waals surface area contributed by atoms with Gasteiger partial charge in [0, 0.05) is 6.54 Å². The summed E-state index contributed by atoms with van der Waals surface area (Å²) >= 11 is 6.85. The molecule has 0 atom stereocenters. The van der Waals surface area contributed by atoms with Crippen LogP contribution in [0.3, 0.4) is 0 Å². The van der Waals surface area contributed by atoms with E-state index in [0.717, 1.165) is 17.9 Å². The predicted octanol–water partition coefficient (Wildman–Crippen LogP) is 2.34. The number of nitrogens with zero attached hydrogens (tertiary/aromatic N) is 2. The number of aromatic nitrogens is 1. The highest BCUT2D eigenvalue weighted by molar-refractivity contribution is 7.18. The fourth-order valence-corrected chi connectivity index (χ4v) is 2.62. The van der Waals surface area contributed by atoms with Crippen LogP contribution in [-0.4, -0.2) is 29.1 Å². The highest BCUT2D eigenvalue weighted by Crippen LogP contribution is 2.34. The third-order valence-electron chi connectivity index (χ3n) is 2.50. The van der Waals surface area contributed by atoms with E-state index in [1.165, 1.54) is 12.8 Å². The Morgan fingerprint density at radius 1 is 1.71 bits per heavy atom. The summed E-state index contributed by atoms with van der Waals surface area (Å²) in [5.74, 6) is 2.16. The molecule has 0 saturated heterocycles. The zero-order valence-electron chi connectivity index (χ0n) is 9.02. The van der Waals surface area contributed by atoms with Crippen molar-refractivity contribution in [2.24, 2.45) is 5.92 Å². The number of halogens is 1. The van der Waals surface area contributed by atoms with E-state index in [0.29, 0.717) is 17.6 Å². The number of carbonyl (C=O) groups is 1. The third-order valence-corrected chi connectivity index (χ3v) is 3.99. The Morgan fingerprint density at radius 2 is 2.41 bits per heavy atom. The number of carboxylic acids is 1. The van der Waals surface area contributed by atoms with E-state index in [1.807, 2.05) is 4.90 Å². The molecular formula is C11H11ClN2O2S. The highest BCUT2D eigenvalue weighted by Gasteiger charge is 2.26. The summed E-state index contributed by atoms with van der Waals surface area (Å²) in [7, 11) is 0. The average molecular weight is 271 g/mol. The quantitative estimate of drug-likeness (QED) is 0.835. The molecular weight excluding hydrogens is 260 g/mol. The maximum Gasteiger partial charge on any atom is 0.349 e. The molecule has 90 valence electrons. The molecule has 6 heteroatoms. The van der Waals surface area contributed by atoms with E-state index < -0.39 is 5.97 Å². The number of terminal acetylenes is 1. The second kappa shape index (κ2) is 4.94. The zero-order valence-corrected chi connectivity index (χ0v) is 10.6. The number of carboxylic acid groups (broad SMARTS) is 1. The summed E-state index contributed by atoms with van der Waals surface area (Å²) in [5, 5.41) is 9.54. The van der Waals surface area contributed by atoms with Crippen molar-refractivity contribution >= 4 is 34.0 Å². The van der Waals surface area contributed by atoms with Gasteiger partial charge in [-0.15, -0.1) is 6.42 Å². The maximum atomic E-state index is 10.9. The topological polar surface area (TPSA) is 53.4 Å². The Bertz CT molecular complexity index is 476. The summed E-state index contributed by atoms with van der Waals surface area (Å²) in [4.78, 5) is 16.9. The van der Waals surface area contributed by atoms with Crippen LogP contribution in [0.1, 0.15) is 22.5 Å². The minimum Gasteiger partial charge on any atom is -0.477 e. The van der Waals surface area contributed by atoms with E-state index in [9.17, 15) is 4.79 Å². The Morgan fingerprint density at radius 3 is 2.88 bits per heavy atom. The van der Waals surface area contributed by atoms with Gasteiger partial charge in [0.2, 0.25) is 0 Å². The summed E-state index contributed by atoms with van der Waals surface area (Å²) in [6, 6.07) is 0. The largest absolute Gasteiger partial charge is 0.477 e. The van der Waals surface area contributed by atoms with Crippen molar-refractivity contribution in [3.05, 3.63) is 10.0 Å². The maximum absolute atomic E-state index is 10.9. The molecule has 0 amide bonds. The monoisotopic (exact) mass is 270 g/mol. The van der Waals surface area contributed by atoms with Crippen LogP contribution in [0, 0.1) is 18.3 Å². The van der Waals surface area contributed by atoms with Gasteiger partial charge < -0.3 is 10.0 Å². The van der Waals surface area contributed by atoms with E-state index in [2.05, 4.69) is 10.9 Å². The van der Waals surface area contributed by atoms with Gasteiger partial charge in [-0.1, -0.05) is 28.9 Å². The highest BCUT2D eigenvalue weighted by atomic mass is 35.5. The lowest BCUT2D eigenvalue weighted by Crippen LogP contribution is -2.25. The molecule has 0 unspecified atom stereocenters. The van der Waals surface area contributed by atoms with Crippen molar-refractivity contribution in [2.75, 3.05) is 18.0 Å². The predicted molar refractivity (Wildman–Crippen MR) is 67.9 cm³/mol. The number of hydrogen-bond donors (Lipinski definition) is 1. The van der Waals surface area contributed by atoms with Crippen molar-refractivity contribution in [3.8, 4) is 12.3 Å². The van der Waals surface area contributed by atoms with Gasteiger partial charge in [-0.05, 0) is 18.8 Å². The van der Waals surface area contributed by atoms with Crippen LogP contribution in [0.15, 0.2) is 0 Å². The van der Waals surface area contributed by atoms with Gasteiger partial charge in [0.15, 0.2) is 15.2 Å². The minimum absolute atomic E-state index is 0.0373. The minimum atomic E-state index is -1.05.